The van der Waals surface area contributed by atoms with Gasteiger partial charge in [-0.2, -0.15) is 0 Å². The first-order valence-corrected chi connectivity index (χ1v) is 11.1. The van der Waals surface area contributed by atoms with Gasteiger partial charge >= 0.3 is 0 Å². The molecule has 0 radical (unpaired) electrons. The Bertz CT molecular complexity index is 981. The third-order valence-electron chi connectivity index (χ3n) is 4.61. The van der Waals surface area contributed by atoms with Crippen LogP contribution in [0, 0.1) is 0 Å². The molecule has 0 saturated heterocycles. The molecule has 3 heteroatoms. The molecule has 0 bridgehead atoms. The van der Waals surface area contributed by atoms with Crippen LogP contribution >= 0.6 is 19.8 Å². The average Bonchev–Trinajstić information content (AvgIpc) is 2.75. The molecule has 1 heterocycles. The van der Waals surface area contributed by atoms with Crippen LogP contribution in [-0.2, 0) is 0 Å². The summed E-state index contributed by atoms with van der Waals surface area (Å²) in [5, 5.41) is 2.71. The van der Waals surface area contributed by atoms with Crippen molar-refractivity contribution in [2.45, 2.75) is 9.79 Å². The molecular weight excluding hydrogens is 365 g/mol. The second-order valence-electron chi connectivity index (χ2n) is 6.33. The number of rotatable bonds is 3. The Kier molecular flexibility index (Phi) is 4.45. The lowest BCUT2D eigenvalue weighted by Crippen LogP contribution is -2.26. The van der Waals surface area contributed by atoms with Gasteiger partial charge in [0, 0.05) is 20.4 Å². The highest BCUT2D eigenvalue weighted by molar-refractivity contribution is 8.00. The lowest BCUT2D eigenvalue weighted by molar-refractivity contribution is 1.24. The maximum atomic E-state index is 2.56. The summed E-state index contributed by atoms with van der Waals surface area (Å²) in [6, 6.07) is 39.3. The Balaban J connectivity index is 1.77. The van der Waals surface area contributed by atoms with Crippen LogP contribution in [0.1, 0.15) is 0 Å². The van der Waals surface area contributed by atoms with Gasteiger partial charge in [0.05, 0.1) is 19.4 Å². The number of anilines is 2. The van der Waals surface area contributed by atoms with Crippen LogP contribution in [0.15, 0.2) is 119 Å². The lowest BCUT2D eigenvalue weighted by Gasteiger charge is -2.39. The van der Waals surface area contributed by atoms with Crippen LogP contribution < -0.4 is 15.3 Å². The summed E-state index contributed by atoms with van der Waals surface area (Å²) in [4.78, 5) is 2.63. The Morgan fingerprint density at radius 2 is 0.889 bits per heavy atom. The molecule has 27 heavy (non-hydrogen) atoms. The van der Waals surface area contributed by atoms with Gasteiger partial charge in [-0.15, -0.1) is 0 Å². The van der Waals surface area contributed by atoms with E-state index in [2.05, 4.69) is 114 Å². The van der Waals surface area contributed by atoms with Crippen molar-refractivity contribution < 1.29 is 0 Å². The Hall–Kier alpha value is -2.54. The van der Waals surface area contributed by atoms with Crippen molar-refractivity contribution in [3.63, 3.8) is 0 Å². The quantitative estimate of drug-likeness (QED) is 0.380. The van der Waals surface area contributed by atoms with E-state index in [0.717, 1.165) is 0 Å². The van der Waals surface area contributed by atoms with Gasteiger partial charge in [0.2, 0.25) is 0 Å². The molecule has 0 atom stereocenters. The number of para-hydroxylation sites is 2. The van der Waals surface area contributed by atoms with Gasteiger partial charge in [-0.25, -0.2) is 0 Å². The van der Waals surface area contributed by atoms with E-state index in [1.54, 1.807) is 0 Å². The van der Waals surface area contributed by atoms with Gasteiger partial charge < -0.3 is 4.67 Å². The minimum Gasteiger partial charge on any atom is -0.309 e. The highest BCUT2D eigenvalue weighted by Gasteiger charge is 2.31. The van der Waals surface area contributed by atoms with Crippen LogP contribution in [0.2, 0.25) is 0 Å². The fourth-order valence-corrected chi connectivity index (χ4v) is 7.06. The summed E-state index contributed by atoms with van der Waals surface area (Å²) >= 11 is 1.86. The predicted octanol–water partition coefficient (Wildman–Crippen LogP) is 6.34. The Labute approximate surface area is 165 Å². The maximum absolute atomic E-state index is 2.56. The topological polar surface area (TPSA) is 3.24 Å². The largest absolute Gasteiger partial charge is 0.309 e. The van der Waals surface area contributed by atoms with Crippen LogP contribution in [-0.4, -0.2) is 0 Å². The van der Waals surface area contributed by atoms with Crippen molar-refractivity contribution in [3.05, 3.63) is 109 Å². The second kappa shape index (κ2) is 7.23. The number of hydrogen-bond donors (Lipinski definition) is 0. The number of nitrogens with zero attached hydrogens (tertiary/aromatic N) is 1. The summed E-state index contributed by atoms with van der Waals surface area (Å²) < 4.78 is 2.56. The smallest absolute Gasteiger partial charge is 0.0599 e. The molecule has 0 saturated carbocycles. The molecule has 0 spiro atoms. The van der Waals surface area contributed by atoms with Crippen molar-refractivity contribution in [3.8, 4) is 0 Å². The van der Waals surface area contributed by atoms with Gasteiger partial charge in [-0.05, 0) is 24.3 Å². The Morgan fingerprint density at radius 3 is 1.37 bits per heavy atom. The van der Waals surface area contributed by atoms with E-state index in [9.17, 15) is 0 Å². The van der Waals surface area contributed by atoms with Crippen molar-refractivity contribution >= 4 is 41.8 Å². The standard InChI is InChI=1S/C24H18NPS/c1-3-11-19(12-4-1)26(20-13-5-2-6-14-20)25-21-15-7-9-17-23(21)27-24-18-10-8-16-22(24)25/h1-18H. The molecule has 0 aliphatic carbocycles. The summed E-state index contributed by atoms with van der Waals surface area (Å²) in [7, 11) is -0.722. The molecule has 0 fully saturated rings. The molecule has 0 aromatic heterocycles. The van der Waals surface area contributed by atoms with Gasteiger partial charge in [0.25, 0.3) is 0 Å². The summed E-state index contributed by atoms with van der Waals surface area (Å²) in [6.07, 6.45) is 0. The fourth-order valence-electron chi connectivity index (χ4n) is 3.42. The van der Waals surface area contributed by atoms with E-state index in [1.165, 1.54) is 31.8 Å². The fraction of sp³-hybridized carbons (Fsp3) is 0. The molecule has 0 amide bonds. The first-order valence-electron chi connectivity index (χ1n) is 8.98. The van der Waals surface area contributed by atoms with Crippen molar-refractivity contribution in [2.75, 3.05) is 4.67 Å². The molecule has 4 aromatic rings. The first kappa shape index (κ1) is 16.6. The Morgan fingerprint density at radius 1 is 0.481 bits per heavy atom. The first-order chi connectivity index (χ1) is 13.4. The minimum absolute atomic E-state index is 0.722. The minimum atomic E-state index is -0.722. The summed E-state index contributed by atoms with van der Waals surface area (Å²) in [5.74, 6) is 0. The molecule has 1 aliphatic heterocycles. The second-order valence-corrected chi connectivity index (χ2v) is 9.47. The number of fused-ring (bicyclic) bond motifs is 2. The zero-order valence-electron chi connectivity index (χ0n) is 14.7. The lowest BCUT2D eigenvalue weighted by atomic mass is 10.2. The highest BCUT2D eigenvalue weighted by atomic mass is 32.2. The monoisotopic (exact) mass is 383 g/mol. The molecule has 5 rings (SSSR count). The van der Waals surface area contributed by atoms with E-state index in [0.29, 0.717) is 0 Å². The molecule has 0 N–H and O–H groups in total. The van der Waals surface area contributed by atoms with Crippen molar-refractivity contribution in [2.24, 2.45) is 0 Å². The van der Waals surface area contributed by atoms with E-state index >= 15 is 0 Å². The van der Waals surface area contributed by atoms with E-state index in [4.69, 9.17) is 0 Å². The van der Waals surface area contributed by atoms with Gasteiger partial charge in [-0.1, -0.05) is 96.7 Å². The predicted molar refractivity (Wildman–Crippen MR) is 118 cm³/mol. The van der Waals surface area contributed by atoms with Crippen molar-refractivity contribution in [1.82, 2.24) is 0 Å². The maximum Gasteiger partial charge on any atom is 0.0599 e. The number of hydrogen-bond acceptors (Lipinski definition) is 2. The van der Waals surface area contributed by atoms with Crippen LogP contribution in [0.4, 0.5) is 11.4 Å². The van der Waals surface area contributed by atoms with Crippen molar-refractivity contribution in [1.29, 1.82) is 0 Å². The van der Waals surface area contributed by atoms with Crippen LogP contribution in [0.25, 0.3) is 0 Å². The summed E-state index contributed by atoms with van der Waals surface area (Å²) in [6.45, 7) is 0. The van der Waals surface area contributed by atoms with Crippen LogP contribution in [0.5, 0.6) is 0 Å². The molecule has 0 unspecified atom stereocenters. The van der Waals surface area contributed by atoms with E-state index in [-0.39, 0.29) is 0 Å². The zero-order valence-corrected chi connectivity index (χ0v) is 16.4. The highest BCUT2D eigenvalue weighted by Crippen LogP contribution is 2.57. The molecule has 4 aromatic carbocycles. The zero-order chi connectivity index (χ0) is 18.1. The SMILES string of the molecule is c1ccc(P(c2ccccc2)N2c3ccccc3Sc3ccccc32)cc1. The van der Waals surface area contributed by atoms with Gasteiger partial charge in [-0.3, -0.25) is 0 Å². The summed E-state index contributed by atoms with van der Waals surface area (Å²) in [5.41, 5.74) is 2.58. The third-order valence-corrected chi connectivity index (χ3v) is 8.14. The molecule has 1 aliphatic rings. The average molecular weight is 383 g/mol. The molecular formula is C24H18NPS. The molecule has 1 nitrogen and oxygen atoms in total. The van der Waals surface area contributed by atoms with Gasteiger partial charge in [0.1, 0.15) is 0 Å². The third kappa shape index (κ3) is 3.06. The normalized spacial score (nSPS) is 12.6. The van der Waals surface area contributed by atoms with Gasteiger partial charge in [0.15, 0.2) is 0 Å². The van der Waals surface area contributed by atoms with Crippen LogP contribution in [0.3, 0.4) is 0 Å². The van der Waals surface area contributed by atoms with E-state index < -0.39 is 8.07 Å². The molecule has 130 valence electrons. The number of benzene rings is 4. The van der Waals surface area contributed by atoms with E-state index in [1.807, 2.05) is 11.8 Å².